The van der Waals surface area contributed by atoms with E-state index in [2.05, 4.69) is 66.0 Å². The van der Waals surface area contributed by atoms with Gasteiger partial charge in [0.25, 0.3) is 33.4 Å². The van der Waals surface area contributed by atoms with E-state index >= 15 is 0 Å². The number of aromatic amines is 1. The van der Waals surface area contributed by atoms with Crippen LogP contribution in [-0.2, 0) is 19.6 Å². The number of sulfonamides is 1. The molecule has 20 nitrogen and oxygen atoms in total. The number of piperazine rings is 1. The molecule has 0 radical (unpaired) electrons. The van der Waals surface area contributed by atoms with E-state index in [-0.39, 0.29) is 46.7 Å². The summed E-state index contributed by atoms with van der Waals surface area (Å²) in [7, 11) is -4.64. The molecule has 85 heavy (non-hydrogen) atoms. The second-order valence-corrected chi connectivity index (χ2v) is 26.5. The van der Waals surface area contributed by atoms with Crippen LogP contribution in [0.3, 0.4) is 0 Å². The second kappa shape index (κ2) is 25.1. The molecule has 23 heteroatoms. The van der Waals surface area contributed by atoms with Gasteiger partial charge in [0.2, 0.25) is 11.8 Å². The minimum absolute atomic E-state index is 0.0531. The van der Waals surface area contributed by atoms with Crippen LogP contribution < -0.4 is 25.0 Å². The van der Waals surface area contributed by atoms with Gasteiger partial charge in [-0.2, -0.15) is 0 Å². The standard InChI is InChI=1S/C62H67ClN10O10S2/c1-62(2)22-18-42(49(35-62)40-8-10-43(63)11-9-40)38-70-27-29-71(30-28-70)44-12-14-47(53(33-44)83-45-32-41-19-23-64-57(41)66-37-45)58(75)68-85(81,82)46-13-15-50(52(34-46)73(79)80)65-36-39-20-25-69(26-21-39)24-3-4-31-84-54-7-5-6-48-56(54)61(78)72(60(48)77)51-16-17-55(74)67-59(51)76/h5-15,19,23,32-34,37,39,51,65H,3-4,16-18,20-22,24-31,35-36,38H2,1-2H3,(H,64,66)(H,68,75)(H,67,74,76). The Balaban J connectivity index is 0.682. The number of hydrogen-bond acceptors (Lipinski definition) is 16. The fourth-order valence-electron chi connectivity index (χ4n) is 12.1. The van der Waals surface area contributed by atoms with Gasteiger partial charge in [-0.15, -0.1) is 11.8 Å². The molecule has 0 bridgehead atoms. The van der Waals surface area contributed by atoms with Crippen LogP contribution in [-0.4, -0.2) is 138 Å². The van der Waals surface area contributed by atoms with Crippen molar-refractivity contribution in [3.63, 3.8) is 0 Å². The van der Waals surface area contributed by atoms with Crippen molar-refractivity contribution >= 4 is 96.6 Å². The average Bonchev–Trinajstić information content (AvgIpc) is 4.28. The van der Waals surface area contributed by atoms with Gasteiger partial charge in [-0.25, -0.2) is 18.1 Å². The number of allylic oxidation sites excluding steroid dienone is 1. The van der Waals surface area contributed by atoms with Crippen LogP contribution in [0.2, 0.25) is 5.02 Å². The van der Waals surface area contributed by atoms with Gasteiger partial charge in [-0.05, 0) is 160 Å². The molecule has 1 unspecified atom stereocenters. The smallest absolute Gasteiger partial charge is 0.293 e. The first-order chi connectivity index (χ1) is 40.9. The third kappa shape index (κ3) is 13.4. The molecule has 5 aliphatic rings. The van der Waals surface area contributed by atoms with Crippen molar-refractivity contribution in [2.45, 2.75) is 87.5 Å². The number of ether oxygens (including phenoxy) is 1. The fourth-order valence-corrected chi connectivity index (χ4v) is 14.3. The van der Waals surface area contributed by atoms with E-state index in [4.69, 9.17) is 16.3 Å². The molecule has 11 rings (SSSR count). The Morgan fingerprint density at radius 3 is 2.45 bits per heavy atom. The first kappa shape index (κ1) is 59.1. The lowest BCUT2D eigenvalue weighted by Crippen LogP contribution is -2.54. The number of fused-ring (bicyclic) bond motifs is 2. The summed E-state index contributed by atoms with van der Waals surface area (Å²) < 4.78 is 36.5. The number of piperidine rings is 2. The number of anilines is 2. The minimum Gasteiger partial charge on any atom is -0.455 e. The zero-order valence-corrected chi connectivity index (χ0v) is 49.8. The molecule has 2 aromatic heterocycles. The van der Waals surface area contributed by atoms with E-state index in [0.717, 1.165) is 106 Å². The van der Waals surface area contributed by atoms with Crippen LogP contribution in [0.5, 0.6) is 11.5 Å². The molecular weight excluding hydrogens is 1140 g/mol. The molecule has 4 aromatic carbocycles. The summed E-state index contributed by atoms with van der Waals surface area (Å²) in [6.07, 6.45) is 9.99. The van der Waals surface area contributed by atoms with E-state index in [9.17, 15) is 42.5 Å². The molecule has 3 fully saturated rings. The minimum atomic E-state index is -4.64. The van der Waals surface area contributed by atoms with Gasteiger partial charge >= 0.3 is 0 Å². The van der Waals surface area contributed by atoms with Crippen molar-refractivity contribution < 1.29 is 42.1 Å². The number of aromatic nitrogens is 2. The number of hydrogen-bond donors (Lipinski definition) is 4. The van der Waals surface area contributed by atoms with Gasteiger partial charge in [0.05, 0.1) is 32.7 Å². The Bertz CT molecular complexity index is 3740. The third-order valence-electron chi connectivity index (χ3n) is 16.9. The highest BCUT2D eigenvalue weighted by Gasteiger charge is 2.46. The van der Waals surface area contributed by atoms with E-state index < -0.39 is 61.1 Å². The van der Waals surface area contributed by atoms with Crippen molar-refractivity contribution in [2.24, 2.45) is 11.3 Å². The zero-order valence-electron chi connectivity index (χ0n) is 47.4. The number of nitrogens with zero attached hydrogens (tertiary/aromatic N) is 6. The lowest BCUT2D eigenvalue weighted by Gasteiger charge is -2.39. The lowest BCUT2D eigenvalue weighted by molar-refractivity contribution is -0.384. The SMILES string of the molecule is CC1(C)CCC(CN2CCN(c3ccc(C(=O)NS(=O)(=O)c4ccc(NCC5CCN(CCCCSc6cccc7c6C(=O)N(C6CCC(=O)NC6=O)C7=O)CC5)c([N+](=O)[O-])c4)c(Oc4cnc5[nH]ccc5c4)c3)CC2)=C(c2ccc(Cl)cc2)C1. The molecule has 3 saturated heterocycles. The normalized spacial score (nSPS) is 18.9. The van der Waals surface area contributed by atoms with Crippen molar-refractivity contribution in [2.75, 3.05) is 74.9 Å². The van der Waals surface area contributed by atoms with Crippen LogP contribution in [0.25, 0.3) is 16.6 Å². The van der Waals surface area contributed by atoms with Gasteiger partial charge in [-0.3, -0.25) is 49.2 Å². The number of amides is 5. The number of nitro groups is 1. The summed E-state index contributed by atoms with van der Waals surface area (Å²) in [6, 6.07) is 24.5. The number of nitrogens with one attached hydrogen (secondary N) is 4. The molecule has 6 heterocycles. The first-order valence-corrected chi connectivity index (χ1v) is 31.7. The molecule has 1 atom stereocenters. The zero-order chi connectivity index (χ0) is 59.6. The molecule has 6 aromatic rings. The van der Waals surface area contributed by atoms with Crippen molar-refractivity contribution in [1.82, 2.24) is 34.7 Å². The van der Waals surface area contributed by atoms with Crippen molar-refractivity contribution in [3.8, 4) is 11.5 Å². The molecule has 0 spiro atoms. The number of H-pyrrole nitrogens is 1. The third-order valence-corrected chi connectivity index (χ3v) is 19.6. The quantitative estimate of drug-likeness (QED) is 0.0182. The Morgan fingerprint density at radius 1 is 0.894 bits per heavy atom. The number of rotatable bonds is 20. The van der Waals surface area contributed by atoms with Crippen molar-refractivity contribution in [3.05, 3.63) is 146 Å². The summed E-state index contributed by atoms with van der Waals surface area (Å²) in [6.45, 7) is 11.5. The molecule has 4 aliphatic heterocycles. The summed E-state index contributed by atoms with van der Waals surface area (Å²) in [4.78, 5) is 92.7. The number of imide groups is 2. The number of pyridine rings is 1. The molecule has 4 N–H and O–H groups in total. The van der Waals surface area contributed by atoms with Crippen LogP contribution in [0.15, 0.2) is 119 Å². The highest BCUT2D eigenvalue weighted by Crippen LogP contribution is 2.44. The summed E-state index contributed by atoms with van der Waals surface area (Å²) in [5, 5.41) is 19.4. The van der Waals surface area contributed by atoms with Gasteiger partial charge in [0.15, 0.2) is 0 Å². The van der Waals surface area contributed by atoms with E-state index in [1.807, 2.05) is 24.3 Å². The molecular formula is C62H67ClN10O10S2. The second-order valence-electron chi connectivity index (χ2n) is 23.3. The predicted molar refractivity (Wildman–Crippen MR) is 326 cm³/mol. The maximum atomic E-state index is 14.2. The van der Waals surface area contributed by atoms with E-state index in [1.54, 1.807) is 36.5 Å². The monoisotopic (exact) mass is 1210 g/mol. The van der Waals surface area contributed by atoms with Crippen LogP contribution >= 0.6 is 23.4 Å². The van der Waals surface area contributed by atoms with Gasteiger partial charge in [0.1, 0.15) is 28.9 Å². The highest BCUT2D eigenvalue weighted by atomic mass is 35.5. The lowest BCUT2D eigenvalue weighted by atomic mass is 9.72. The average molecular weight is 1210 g/mol. The molecule has 0 saturated carbocycles. The number of thioether (sulfide) groups is 1. The van der Waals surface area contributed by atoms with Crippen LogP contribution in [0.1, 0.15) is 108 Å². The highest BCUT2D eigenvalue weighted by molar-refractivity contribution is 7.99. The number of nitro benzene ring substituents is 1. The number of halogens is 1. The number of likely N-dealkylation sites (tertiary alicyclic amines) is 1. The van der Waals surface area contributed by atoms with Gasteiger partial charge < -0.3 is 24.8 Å². The van der Waals surface area contributed by atoms with Crippen LogP contribution in [0, 0.1) is 21.4 Å². The summed E-state index contributed by atoms with van der Waals surface area (Å²) in [5.74, 6) is -1.75. The predicted octanol–water partition coefficient (Wildman–Crippen LogP) is 9.92. The van der Waals surface area contributed by atoms with Crippen molar-refractivity contribution in [1.29, 1.82) is 0 Å². The Hall–Kier alpha value is -7.63. The molecule has 444 valence electrons. The summed E-state index contributed by atoms with van der Waals surface area (Å²) in [5.41, 5.74) is 5.90. The van der Waals surface area contributed by atoms with E-state index in [1.165, 1.54) is 52.9 Å². The summed E-state index contributed by atoms with van der Waals surface area (Å²) >= 11 is 7.76. The maximum absolute atomic E-state index is 14.2. The maximum Gasteiger partial charge on any atom is 0.293 e. The topological polar surface area (TPSA) is 250 Å². The number of benzene rings is 4. The molecule has 5 amide bonds. The van der Waals surface area contributed by atoms with Gasteiger partial charge in [-0.1, -0.05) is 49.2 Å². The fraction of sp³-hybridized carbons (Fsp3) is 0.387. The first-order valence-electron chi connectivity index (χ1n) is 28.8. The van der Waals surface area contributed by atoms with Gasteiger partial charge in [0, 0.05) is 85.0 Å². The van der Waals surface area contributed by atoms with E-state index in [0.29, 0.717) is 52.3 Å². The number of carbonyl (C=O) groups excluding carboxylic acids is 5. The van der Waals surface area contributed by atoms with Crippen LogP contribution in [0.4, 0.5) is 17.1 Å². The largest absolute Gasteiger partial charge is 0.455 e. The molecule has 1 aliphatic carbocycles. The number of carbonyl (C=O) groups is 5. The Morgan fingerprint density at radius 2 is 1.68 bits per heavy atom. The number of unbranched alkanes of at least 4 members (excludes halogenated alkanes) is 1. The Labute approximate surface area is 502 Å². The Kier molecular flexibility index (Phi) is 17.5.